The third kappa shape index (κ3) is 1.80. The first-order chi connectivity index (χ1) is 6.70. The molecule has 0 amide bonds. The number of hydrogen-bond donors (Lipinski definition) is 0. The molecule has 1 aromatic rings. The van der Waals surface area contributed by atoms with Crippen LogP contribution in [-0.2, 0) is 4.74 Å². The van der Waals surface area contributed by atoms with Crippen molar-refractivity contribution in [2.24, 2.45) is 0 Å². The molecule has 1 aliphatic heterocycles. The summed E-state index contributed by atoms with van der Waals surface area (Å²) >= 11 is 7.64. The third-order valence-electron chi connectivity index (χ3n) is 2.20. The topological polar surface area (TPSA) is 44.1 Å². The molecule has 0 saturated carbocycles. The van der Waals surface area contributed by atoms with Crippen LogP contribution in [0.4, 0.5) is 0 Å². The Morgan fingerprint density at radius 2 is 2.50 bits per heavy atom. The first kappa shape index (κ1) is 10.4. The van der Waals surface area contributed by atoms with E-state index in [0.717, 1.165) is 6.42 Å². The van der Waals surface area contributed by atoms with Gasteiger partial charge in [-0.2, -0.15) is 0 Å². The summed E-state index contributed by atoms with van der Waals surface area (Å²) in [6.45, 7) is 1.29. The Labute approximate surface area is 99.4 Å². The summed E-state index contributed by atoms with van der Waals surface area (Å²) in [5.74, 6) is 0. The highest BCUT2D eigenvalue weighted by Gasteiger charge is 2.20. The van der Waals surface area contributed by atoms with E-state index in [9.17, 15) is 4.79 Å². The Bertz CT molecular complexity index is 401. The zero-order chi connectivity index (χ0) is 10.1. The molecule has 14 heavy (non-hydrogen) atoms. The van der Waals surface area contributed by atoms with E-state index in [1.807, 2.05) is 22.6 Å². The largest absolute Gasteiger partial charge is 0.379 e. The van der Waals surface area contributed by atoms with Gasteiger partial charge in [0.05, 0.1) is 19.0 Å². The van der Waals surface area contributed by atoms with Gasteiger partial charge < -0.3 is 4.74 Å². The molecule has 0 radical (unpaired) electrons. The van der Waals surface area contributed by atoms with E-state index in [4.69, 9.17) is 16.3 Å². The van der Waals surface area contributed by atoms with E-state index in [1.54, 1.807) is 4.57 Å². The molecule has 1 saturated heterocycles. The average Bonchev–Trinajstić information content (AvgIpc) is 2.67. The lowest BCUT2D eigenvalue weighted by molar-refractivity contribution is 0.186. The average molecular weight is 327 g/mol. The normalized spacial score (nSPS) is 21.4. The van der Waals surface area contributed by atoms with Crippen LogP contribution >= 0.6 is 34.2 Å². The molecule has 2 heterocycles. The van der Waals surface area contributed by atoms with Crippen LogP contribution in [0.15, 0.2) is 11.1 Å². The summed E-state index contributed by atoms with van der Waals surface area (Å²) in [4.78, 5) is 15.7. The number of aromatic nitrogens is 2. The van der Waals surface area contributed by atoms with E-state index in [0.29, 0.717) is 16.8 Å². The molecule has 2 rings (SSSR count). The Kier molecular flexibility index (Phi) is 3.08. The molecule has 0 spiro atoms. The van der Waals surface area contributed by atoms with Gasteiger partial charge in [0, 0.05) is 6.61 Å². The molecule has 1 atom stereocenters. The number of rotatable bonds is 1. The maximum atomic E-state index is 11.8. The van der Waals surface area contributed by atoms with E-state index in [-0.39, 0.29) is 16.8 Å². The van der Waals surface area contributed by atoms with Crippen molar-refractivity contribution in [2.45, 2.75) is 12.5 Å². The summed E-state index contributed by atoms with van der Waals surface area (Å²) in [5.41, 5.74) is -0.0823. The molecule has 76 valence electrons. The summed E-state index contributed by atoms with van der Waals surface area (Å²) in [5, 5.41) is 0.269. The van der Waals surface area contributed by atoms with E-state index < -0.39 is 0 Å². The van der Waals surface area contributed by atoms with Gasteiger partial charge in [0.2, 0.25) is 0 Å². The molecule has 1 aliphatic rings. The summed E-state index contributed by atoms with van der Waals surface area (Å²) < 4.78 is 7.28. The smallest absolute Gasteiger partial charge is 0.268 e. The zero-order valence-electron chi connectivity index (χ0n) is 7.24. The molecule has 0 N–H and O–H groups in total. The van der Waals surface area contributed by atoms with Crippen LogP contribution in [0.1, 0.15) is 12.5 Å². The fraction of sp³-hybridized carbons (Fsp3) is 0.500. The lowest BCUT2D eigenvalue weighted by Gasteiger charge is -2.11. The predicted molar refractivity (Wildman–Crippen MR) is 60.7 cm³/mol. The predicted octanol–water partition coefficient (Wildman–Crippen LogP) is 1.46. The highest BCUT2D eigenvalue weighted by molar-refractivity contribution is 14.1. The zero-order valence-corrected chi connectivity index (χ0v) is 10.2. The molecule has 1 fully saturated rings. The van der Waals surface area contributed by atoms with Gasteiger partial charge in [-0.25, -0.2) is 4.98 Å². The van der Waals surface area contributed by atoms with Crippen LogP contribution in [0, 0.1) is 3.57 Å². The van der Waals surface area contributed by atoms with Crippen LogP contribution < -0.4 is 5.56 Å². The van der Waals surface area contributed by atoms with Gasteiger partial charge in [-0.1, -0.05) is 11.6 Å². The van der Waals surface area contributed by atoms with Gasteiger partial charge in [0.15, 0.2) is 0 Å². The number of hydrogen-bond acceptors (Lipinski definition) is 3. The fourth-order valence-electron chi connectivity index (χ4n) is 1.43. The first-order valence-electron chi connectivity index (χ1n) is 4.20. The van der Waals surface area contributed by atoms with Crippen LogP contribution in [0.3, 0.4) is 0 Å². The lowest BCUT2D eigenvalue weighted by atomic mass is 10.2. The van der Waals surface area contributed by atoms with Gasteiger partial charge in [0.25, 0.3) is 5.56 Å². The molecule has 0 bridgehead atoms. The minimum atomic E-state index is -0.0823. The maximum absolute atomic E-state index is 11.8. The van der Waals surface area contributed by atoms with E-state index in [1.165, 1.54) is 6.33 Å². The maximum Gasteiger partial charge on any atom is 0.268 e. The van der Waals surface area contributed by atoms with Crippen LogP contribution in [0.2, 0.25) is 5.15 Å². The van der Waals surface area contributed by atoms with Gasteiger partial charge in [0.1, 0.15) is 8.72 Å². The Morgan fingerprint density at radius 1 is 1.71 bits per heavy atom. The molecular formula is C8H8ClIN2O2. The van der Waals surface area contributed by atoms with Crippen molar-refractivity contribution in [3.05, 3.63) is 25.4 Å². The Balaban J connectivity index is 2.44. The number of ether oxygens (including phenoxy) is 1. The summed E-state index contributed by atoms with van der Waals surface area (Å²) in [7, 11) is 0. The third-order valence-corrected chi connectivity index (χ3v) is 3.78. The monoisotopic (exact) mass is 326 g/mol. The molecule has 1 aromatic heterocycles. The second kappa shape index (κ2) is 4.16. The van der Waals surface area contributed by atoms with Gasteiger partial charge >= 0.3 is 0 Å². The van der Waals surface area contributed by atoms with Crippen LogP contribution in [0.5, 0.6) is 0 Å². The van der Waals surface area contributed by atoms with Crippen molar-refractivity contribution in [1.82, 2.24) is 9.55 Å². The van der Waals surface area contributed by atoms with Crippen molar-refractivity contribution in [3.63, 3.8) is 0 Å². The fourth-order valence-corrected chi connectivity index (χ4v) is 1.97. The quantitative estimate of drug-likeness (QED) is 0.580. The first-order valence-corrected chi connectivity index (χ1v) is 5.65. The van der Waals surface area contributed by atoms with Crippen molar-refractivity contribution in [3.8, 4) is 0 Å². The highest BCUT2D eigenvalue weighted by Crippen LogP contribution is 2.18. The lowest BCUT2D eigenvalue weighted by Crippen LogP contribution is -2.27. The van der Waals surface area contributed by atoms with Crippen molar-refractivity contribution < 1.29 is 4.74 Å². The second-order valence-electron chi connectivity index (χ2n) is 3.08. The van der Waals surface area contributed by atoms with Crippen molar-refractivity contribution in [2.75, 3.05) is 13.2 Å². The Morgan fingerprint density at radius 3 is 3.14 bits per heavy atom. The standard InChI is InChI=1S/C8H8ClIN2O2/c9-7-6(10)8(13)12(4-11-7)5-1-2-14-3-5/h4-5H,1-3H2. The van der Waals surface area contributed by atoms with Crippen LogP contribution in [0.25, 0.3) is 0 Å². The molecular weight excluding hydrogens is 318 g/mol. The van der Waals surface area contributed by atoms with E-state index >= 15 is 0 Å². The van der Waals surface area contributed by atoms with Crippen molar-refractivity contribution in [1.29, 1.82) is 0 Å². The Hall–Kier alpha value is -0.140. The molecule has 6 heteroatoms. The molecule has 4 nitrogen and oxygen atoms in total. The van der Waals surface area contributed by atoms with E-state index in [2.05, 4.69) is 4.98 Å². The van der Waals surface area contributed by atoms with Gasteiger partial charge in [-0.05, 0) is 29.0 Å². The van der Waals surface area contributed by atoms with Crippen LogP contribution in [-0.4, -0.2) is 22.8 Å². The minimum absolute atomic E-state index is 0.0823. The number of halogens is 2. The number of nitrogens with zero attached hydrogens (tertiary/aromatic N) is 2. The highest BCUT2D eigenvalue weighted by atomic mass is 127. The summed E-state index contributed by atoms with van der Waals surface area (Å²) in [6, 6.07) is 0.112. The summed E-state index contributed by atoms with van der Waals surface area (Å²) in [6.07, 6.45) is 2.35. The molecule has 0 aliphatic carbocycles. The van der Waals surface area contributed by atoms with Crippen molar-refractivity contribution >= 4 is 34.2 Å². The van der Waals surface area contributed by atoms with Gasteiger partial charge in [-0.3, -0.25) is 9.36 Å². The minimum Gasteiger partial charge on any atom is -0.379 e. The SMILES string of the molecule is O=c1c(I)c(Cl)ncn1C1CCOC1. The molecule has 1 unspecified atom stereocenters. The molecule has 0 aromatic carbocycles. The van der Waals surface area contributed by atoms with Gasteiger partial charge in [-0.15, -0.1) is 0 Å². The second-order valence-corrected chi connectivity index (χ2v) is 4.52.